The van der Waals surface area contributed by atoms with Crippen LogP contribution in [0.15, 0.2) is 24.3 Å². The summed E-state index contributed by atoms with van der Waals surface area (Å²) < 4.78 is 11.6. The molecule has 106 valence electrons. The molecule has 0 saturated heterocycles. The molecule has 0 atom stereocenters. The average Bonchev–Trinajstić information content (AvgIpc) is 2.40. The van der Waals surface area contributed by atoms with Gasteiger partial charge in [-0.1, -0.05) is 0 Å². The molecule has 0 aromatic heterocycles. The topological polar surface area (TPSA) is 0 Å². The molecule has 1 aromatic carbocycles. The zero-order valence-electron chi connectivity index (χ0n) is 10.5. The van der Waals surface area contributed by atoms with Gasteiger partial charge in [0.1, 0.15) is 0 Å². The fourth-order valence-electron chi connectivity index (χ4n) is 2.45. The van der Waals surface area contributed by atoms with Crippen LogP contribution in [0, 0.1) is 5.92 Å². The Kier molecular flexibility index (Phi) is 3.04. The molecule has 1 aromatic rings. The minimum atomic E-state index is -0.870. The van der Waals surface area contributed by atoms with Crippen LogP contribution in [0.2, 0.25) is 0 Å². The van der Waals surface area contributed by atoms with Crippen molar-refractivity contribution in [3.05, 3.63) is 29.8 Å². The van der Waals surface area contributed by atoms with Crippen LogP contribution in [0.25, 0.3) is 0 Å². The van der Waals surface area contributed by atoms with Gasteiger partial charge in [-0.3, -0.25) is 0 Å². The van der Waals surface area contributed by atoms with Gasteiger partial charge in [0.25, 0.3) is 0 Å². The summed E-state index contributed by atoms with van der Waals surface area (Å²) in [5.41, 5.74) is 1.47. The third kappa shape index (κ3) is 2.52. The Morgan fingerprint density at radius 1 is 1.17 bits per heavy atom. The van der Waals surface area contributed by atoms with E-state index in [9.17, 15) is 4.39 Å². The van der Waals surface area contributed by atoms with Crippen LogP contribution in [-0.4, -0.2) is 14.6 Å². The molecule has 2 rings (SSSR count). The molecule has 3 heteroatoms. The van der Waals surface area contributed by atoms with Crippen molar-refractivity contribution in [1.82, 2.24) is 0 Å². The second-order valence-corrected chi connectivity index (χ2v) is 13.2. The minimum absolute atomic E-state index is 0.263. The third-order valence-corrected chi connectivity index (χ3v) is 11.0. The summed E-state index contributed by atoms with van der Waals surface area (Å²) in [5.74, 6) is 1.65. The van der Waals surface area contributed by atoms with E-state index in [0.717, 1.165) is 11.8 Å². The van der Waals surface area contributed by atoms with Crippen LogP contribution in [0.5, 0.6) is 0 Å². The Morgan fingerprint density at radius 3 is 2.33 bits per heavy atom. The van der Waals surface area contributed by atoms with Crippen LogP contribution in [-0.2, 0) is 0 Å². The molecule has 1 aliphatic carbocycles. The second-order valence-electron chi connectivity index (χ2n) is 4.83. The molecule has 0 spiro atoms. The summed E-state index contributed by atoms with van der Waals surface area (Å²) in [5, 5.41) is 0. The molecule has 1 aliphatic rings. The van der Waals surface area contributed by atoms with Crippen molar-refractivity contribution >= 4 is 20.7 Å². The van der Waals surface area contributed by atoms with Gasteiger partial charge < -0.3 is 0 Å². The number of benzene rings is 1. The van der Waals surface area contributed by atoms with E-state index in [4.69, 9.17) is 0 Å². The van der Waals surface area contributed by atoms with Crippen LogP contribution in [0.4, 0.5) is 4.39 Å². The predicted octanol–water partition coefficient (Wildman–Crippen LogP) is 3.26. The zero-order valence-corrected chi connectivity index (χ0v) is 15.8. The molecule has 0 unspecified atom stereocenters. The fraction of sp³-hybridized carbons (Fsp3) is 0.467. The fourth-order valence-corrected chi connectivity index (χ4v) is 7.62. The third-order valence-electron chi connectivity index (χ3n) is 3.56. The van der Waals surface area contributed by atoms with E-state index in [1.54, 1.807) is 0 Å². The number of hydrogen-bond acceptors (Lipinski definition) is 0. The zero-order chi connectivity index (χ0) is 13.0. The summed E-state index contributed by atoms with van der Waals surface area (Å²) in [6.45, 7) is 2.35. The maximum absolute atomic E-state index is 13.3. The van der Waals surface area contributed by atoms with Gasteiger partial charge in [-0.05, 0) is 0 Å². The summed E-state index contributed by atoms with van der Waals surface area (Å²) in [6.07, 6.45) is 5.37. The van der Waals surface area contributed by atoms with E-state index in [2.05, 4.69) is 38.6 Å². The maximum atomic E-state index is 13.3. The van der Waals surface area contributed by atoms with Crippen LogP contribution < -0.4 is 6.07 Å². The van der Waals surface area contributed by atoms with Gasteiger partial charge in [0.15, 0.2) is 0 Å². The van der Waals surface area contributed by atoms with Crippen molar-refractivity contribution in [2.45, 2.75) is 38.5 Å². The Balaban J connectivity index is 2.06. The Hall–Kier alpha value is -3.11. The van der Waals surface area contributed by atoms with Crippen molar-refractivity contribution < 1.29 is 4.39 Å². The molecule has 18 heavy (non-hydrogen) atoms. The molecule has 0 N–H and O–H groups in total. The van der Waals surface area contributed by atoms with Gasteiger partial charge in [0.2, 0.25) is 0 Å². The van der Waals surface area contributed by atoms with Crippen LogP contribution in [0.1, 0.15) is 44.1 Å². The van der Waals surface area contributed by atoms with E-state index >= 15 is 0 Å². The van der Waals surface area contributed by atoms with Crippen molar-refractivity contribution in [1.29, 1.82) is 0 Å². The first kappa shape index (κ1) is 11.4. The van der Waals surface area contributed by atoms with E-state index < -0.39 is 0 Å². The molecular weight excluding hydrogens is 701 g/mol. The summed E-state index contributed by atoms with van der Waals surface area (Å²) in [7, 11) is 4.02. The molecular formula is C15H19Cf2F. The van der Waals surface area contributed by atoms with Gasteiger partial charge in [0.05, 0.1) is 0 Å². The van der Waals surface area contributed by atoms with Crippen molar-refractivity contribution in [2.24, 2.45) is 5.92 Å². The van der Waals surface area contributed by atoms with Gasteiger partial charge >= 0.3 is 99.3 Å². The molecule has 0 radical (unpaired) electrons. The molecule has 1 saturated carbocycles. The standard InChI is InChI=1S/C13H17.CF.CH2.2Cf/c1-11-7-9-13(10-8-11)12-5-3-2-4-6-12;1-2;;;/h3-6,11,13H,7-10H2,1H3;;1H2;;. The Morgan fingerprint density at radius 2 is 1.78 bits per heavy atom. The Bertz CT molecular complexity index is 428. The van der Waals surface area contributed by atoms with Crippen molar-refractivity contribution in [3.8, 4) is 0 Å². The van der Waals surface area contributed by atoms with Gasteiger partial charge in [-0.25, -0.2) is 0 Å². The van der Waals surface area contributed by atoms with Crippen molar-refractivity contribution in [3.63, 3.8) is 0 Å². The normalized spacial score (nSPS) is 24.2. The molecule has 0 nitrogen and oxygen atoms in total. The Labute approximate surface area is 99.9 Å². The first-order valence-electron chi connectivity index (χ1n) is 6.21. The first-order valence-corrected chi connectivity index (χ1v) is 12.0. The monoisotopic (exact) mass is 716 g/mol. The van der Waals surface area contributed by atoms with Gasteiger partial charge in [0, 0.05) is 0 Å². The number of hydrogen-bond donors (Lipinski definition) is 0. The average molecular weight is 720 g/mol. The number of halogens is 1. The van der Waals surface area contributed by atoms with Crippen LogP contribution >= 0.6 is 0 Å². The van der Waals surface area contributed by atoms with E-state index in [0.29, 0.717) is 0 Å². The van der Waals surface area contributed by atoms with Crippen molar-refractivity contribution in [2.75, 3.05) is 0 Å². The summed E-state index contributed by atoms with van der Waals surface area (Å²) in [4.78, 5) is 0. The van der Waals surface area contributed by atoms with E-state index in [1.165, 1.54) is 37.3 Å². The molecule has 0 bridgehead atoms. The predicted molar refractivity (Wildman–Crippen MR) is 69.7 cm³/mol. The van der Waals surface area contributed by atoms with Gasteiger partial charge in [-0.2, -0.15) is 0 Å². The molecule has 0 heterocycles. The van der Waals surface area contributed by atoms with Crippen LogP contribution in [0.3, 0.4) is 0 Å². The SMILES string of the molecule is [CH2]=[Cf][C](F)=[Cf][c]1ccc(C2CCC(C)CC2)cc1. The quantitative estimate of drug-likeness (QED) is 0.451. The summed E-state index contributed by atoms with van der Waals surface area (Å²) >= 11 is 0. The molecule has 1 fully saturated rings. The first-order chi connectivity index (χ1) is 8.69. The van der Waals surface area contributed by atoms with E-state index in [-0.39, 0.29) is 7.18 Å². The van der Waals surface area contributed by atoms with Gasteiger partial charge in [-0.15, -0.1) is 0 Å². The number of rotatable bonds is 3. The molecule has 0 aliphatic heterocycles. The summed E-state index contributed by atoms with van der Waals surface area (Å²) in [6, 6.07) is 10.0. The van der Waals surface area contributed by atoms with E-state index in [1.807, 2.05) is 0 Å². The molecule has 0 amide bonds. The second kappa shape index (κ2) is 4.82.